The van der Waals surface area contributed by atoms with Crippen LogP contribution in [0.25, 0.3) is 11.4 Å². The third-order valence-corrected chi connectivity index (χ3v) is 6.23. The molecule has 1 aromatic heterocycles. The predicted molar refractivity (Wildman–Crippen MR) is 120 cm³/mol. The summed E-state index contributed by atoms with van der Waals surface area (Å²) < 4.78 is 5.65. The van der Waals surface area contributed by atoms with E-state index in [1.165, 1.54) is 5.56 Å². The molecule has 0 unspecified atom stereocenters. The first-order valence-corrected chi connectivity index (χ1v) is 11.2. The summed E-state index contributed by atoms with van der Waals surface area (Å²) in [6.45, 7) is 9.39. The molecule has 1 atom stereocenters. The molecule has 0 spiro atoms. The van der Waals surface area contributed by atoms with Crippen molar-refractivity contribution in [1.29, 1.82) is 0 Å². The number of benzene rings is 1. The number of anilines is 2. The molecule has 2 fully saturated rings. The Morgan fingerprint density at radius 3 is 2.71 bits per heavy atom. The van der Waals surface area contributed by atoms with Crippen molar-refractivity contribution in [2.45, 2.75) is 51.9 Å². The van der Waals surface area contributed by atoms with Crippen molar-refractivity contribution >= 4 is 17.5 Å². The zero-order valence-corrected chi connectivity index (χ0v) is 18.2. The number of fused-ring (bicyclic) bond motifs is 1. The zero-order chi connectivity index (χ0) is 21.4. The average molecular weight is 423 g/mol. The fraction of sp³-hybridized carbons (Fsp3) is 0.522. The number of urea groups is 1. The lowest BCUT2D eigenvalue weighted by molar-refractivity contribution is 0.0984. The van der Waals surface area contributed by atoms with Crippen LogP contribution in [0, 0.1) is 0 Å². The molecular formula is C23H30N6O2. The van der Waals surface area contributed by atoms with Gasteiger partial charge < -0.3 is 20.3 Å². The lowest BCUT2D eigenvalue weighted by Crippen LogP contribution is -2.44. The smallest absolute Gasteiger partial charge is 0.319 e. The number of carbonyl (C=O) groups is 1. The lowest BCUT2D eigenvalue weighted by atomic mass is 10.1. The first-order chi connectivity index (χ1) is 15.1. The van der Waals surface area contributed by atoms with Crippen LogP contribution in [0.15, 0.2) is 24.3 Å². The highest BCUT2D eigenvalue weighted by molar-refractivity contribution is 5.89. The summed E-state index contributed by atoms with van der Waals surface area (Å²) >= 11 is 0. The normalized spacial score (nSPS) is 21.1. The highest BCUT2D eigenvalue weighted by Crippen LogP contribution is 2.33. The minimum absolute atomic E-state index is 0.146. The van der Waals surface area contributed by atoms with Gasteiger partial charge in [0.05, 0.1) is 24.9 Å². The van der Waals surface area contributed by atoms with Crippen molar-refractivity contribution in [1.82, 2.24) is 20.2 Å². The van der Waals surface area contributed by atoms with Gasteiger partial charge in [-0.25, -0.2) is 14.8 Å². The number of nitrogens with zero attached hydrogens (tertiary/aromatic N) is 4. The van der Waals surface area contributed by atoms with Gasteiger partial charge in [-0.1, -0.05) is 6.92 Å². The van der Waals surface area contributed by atoms with E-state index in [2.05, 4.69) is 34.3 Å². The Bertz CT molecular complexity index is 959. The van der Waals surface area contributed by atoms with E-state index in [9.17, 15) is 4.79 Å². The Labute approximate surface area is 183 Å². The maximum absolute atomic E-state index is 12.0. The summed E-state index contributed by atoms with van der Waals surface area (Å²) in [4.78, 5) is 26.7. The average Bonchev–Trinajstić information content (AvgIpc) is 3.48. The summed E-state index contributed by atoms with van der Waals surface area (Å²) in [6.07, 6.45) is 2.14. The second-order valence-corrected chi connectivity index (χ2v) is 8.67. The van der Waals surface area contributed by atoms with Crippen LogP contribution < -0.4 is 15.5 Å². The number of ether oxygens (including phenoxy) is 1. The van der Waals surface area contributed by atoms with Gasteiger partial charge in [-0.2, -0.15) is 0 Å². The van der Waals surface area contributed by atoms with Gasteiger partial charge in [0, 0.05) is 42.5 Å². The molecule has 2 amide bonds. The molecule has 2 aromatic rings. The standard InChI is InChI=1S/C23H30N6O2/c1-3-28-12-19-20(13-28)26-21(27-22(19)29-10-11-31-14-15(29)2)16-4-6-17(7-5-16)24-23(30)25-18-8-9-18/h4-7,15,18H,3,8-14H2,1-2H3,(H2,24,25,30)/t15-/m0/s1. The lowest BCUT2D eigenvalue weighted by Gasteiger charge is -2.35. The molecule has 8 nitrogen and oxygen atoms in total. The number of amides is 2. The molecule has 2 N–H and O–H groups in total. The molecule has 0 radical (unpaired) electrons. The van der Waals surface area contributed by atoms with Crippen molar-refractivity contribution in [3.63, 3.8) is 0 Å². The van der Waals surface area contributed by atoms with Gasteiger partial charge in [0.1, 0.15) is 5.82 Å². The van der Waals surface area contributed by atoms with E-state index in [0.29, 0.717) is 6.04 Å². The summed E-state index contributed by atoms with van der Waals surface area (Å²) in [5.41, 5.74) is 4.08. The molecule has 5 rings (SSSR count). The molecule has 2 aliphatic heterocycles. The second-order valence-electron chi connectivity index (χ2n) is 8.67. The van der Waals surface area contributed by atoms with E-state index < -0.39 is 0 Å². The summed E-state index contributed by atoms with van der Waals surface area (Å²) in [5.74, 6) is 1.78. The van der Waals surface area contributed by atoms with Gasteiger partial charge in [0.2, 0.25) is 0 Å². The van der Waals surface area contributed by atoms with Crippen LogP contribution in [0.3, 0.4) is 0 Å². The maximum atomic E-state index is 12.0. The number of hydrogen-bond donors (Lipinski definition) is 2. The van der Waals surface area contributed by atoms with E-state index >= 15 is 0 Å². The second kappa shape index (κ2) is 8.43. The summed E-state index contributed by atoms with van der Waals surface area (Å²) in [6, 6.07) is 8.26. The molecule has 1 saturated heterocycles. The molecule has 1 aliphatic carbocycles. The van der Waals surface area contributed by atoms with Gasteiger partial charge in [-0.05, 0) is 50.6 Å². The third kappa shape index (κ3) is 4.36. The topological polar surface area (TPSA) is 82.6 Å². The Morgan fingerprint density at radius 1 is 1.19 bits per heavy atom. The SMILES string of the molecule is CCN1Cc2nc(-c3ccc(NC(=O)NC4CC4)cc3)nc(N3CCOC[C@@H]3C)c2C1. The van der Waals surface area contributed by atoms with Crippen molar-refractivity contribution in [3.8, 4) is 11.4 Å². The molecule has 3 heterocycles. The molecule has 8 heteroatoms. The van der Waals surface area contributed by atoms with E-state index in [-0.39, 0.29) is 12.1 Å². The van der Waals surface area contributed by atoms with Gasteiger partial charge >= 0.3 is 6.03 Å². The monoisotopic (exact) mass is 422 g/mol. The first kappa shape index (κ1) is 20.2. The Kier molecular flexibility index (Phi) is 5.50. The molecule has 164 valence electrons. The quantitative estimate of drug-likeness (QED) is 0.771. The fourth-order valence-corrected chi connectivity index (χ4v) is 4.22. The Balaban J connectivity index is 1.42. The van der Waals surface area contributed by atoms with Gasteiger partial charge in [0.25, 0.3) is 0 Å². The van der Waals surface area contributed by atoms with Crippen LogP contribution in [-0.4, -0.2) is 59.3 Å². The van der Waals surface area contributed by atoms with E-state index in [0.717, 1.165) is 80.8 Å². The van der Waals surface area contributed by atoms with Gasteiger partial charge in [0.15, 0.2) is 5.82 Å². The highest BCUT2D eigenvalue weighted by Gasteiger charge is 2.30. The zero-order valence-electron chi connectivity index (χ0n) is 18.2. The molecule has 1 aromatic carbocycles. The van der Waals surface area contributed by atoms with Crippen LogP contribution in [0.4, 0.5) is 16.3 Å². The summed E-state index contributed by atoms with van der Waals surface area (Å²) in [5, 5.41) is 5.84. The molecule has 31 heavy (non-hydrogen) atoms. The largest absolute Gasteiger partial charge is 0.377 e. The first-order valence-electron chi connectivity index (χ1n) is 11.2. The number of aromatic nitrogens is 2. The van der Waals surface area contributed by atoms with Gasteiger partial charge in [-0.15, -0.1) is 0 Å². The molecule has 0 bridgehead atoms. The fourth-order valence-electron chi connectivity index (χ4n) is 4.22. The number of carbonyl (C=O) groups excluding carboxylic acids is 1. The van der Waals surface area contributed by atoms with Crippen molar-refractivity contribution in [2.24, 2.45) is 0 Å². The number of rotatable bonds is 5. The Hall–Kier alpha value is -2.71. The summed E-state index contributed by atoms with van der Waals surface area (Å²) in [7, 11) is 0. The van der Waals surface area contributed by atoms with Crippen LogP contribution in [0.5, 0.6) is 0 Å². The number of morpholine rings is 1. The minimum atomic E-state index is -0.146. The van der Waals surface area contributed by atoms with E-state index in [1.54, 1.807) is 0 Å². The van der Waals surface area contributed by atoms with Crippen molar-refractivity contribution < 1.29 is 9.53 Å². The molecule has 1 saturated carbocycles. The number of nitrogens with one attached hydrogen (secondary N) is 2. The van der Waals surface area contributed by atoms with Crippen LogP contribution in [0.2, 0.25) is 0 Å². The van der Waals surface area contributed by atoms with Crippen molar-refractivity contribution in [3.05, 3.63) is 35.5 Å². The third-order valence-electron chi connectivity index (χ3n) is 6.23. The van der Waals surface area contributed by atoms with Crippen LogP contribution in [-0.2, 0) is 17.8 Å². The molecule has 3 aliphatic rings. The van der Waals surface area contributed by atoms with Crippen LogP contribution in [0.1, 0.15) is 37.9 Å². The van der Waals surface area contributed by atoms with E-state index in [4.69, 9.17) is 14.7 Å². The highest BCUT2D eigenvalue weighted by atomic mass is 16.5. The van der Waals surface area contributed by atoms with Crippen molar-refractivity contribution in [2.75, 3.05) is 36.5 Å². The van der Waals surface area contributed by atoms with E-state index in [1.807, 2.05) is 24.3 Å². The Morgan fingerprint density at radius 2 is 2.00 bits per heavy atom. The van der Waals surface area contributed by atoms with Crippen LogP contribution >= 0.6 is 0 Å². The maximum Gasteiger partial charge on any atom is 0.319 e. The molecular weight excluding hydrogens is 392 g/mol. The minimum Gasteiger partial charge on any atom is -0.377 e. The number of hydrogen-bond acceptors (Lipinski definition) is 6. The predicted octanol–water partition coefficient (Wildman–Crippen LogP) is 2.99. The van der Waals surface area contributed by atoms with Gasteiger partial charge in [-0.3, -0.25) is 4.90 Å².